The van der Waals surface area contributed by atoms with Crippen molar-refractivity contribution in [2.24, 2.45) is 0 Å². The average Bonchev–Trinajstić information content (AvgIpc) is 4.13. The molecule has 0 spiro atoms. The molecule has 0 saturated heterocycles. The molecule has 0 saturated carbocycles. The Balaban J connectivity index is 1.07. The van der Waals surface area contributed by atoms with Crippen molar-refractivity contribution in [2.75, 3.05) is 0 Å². The third-order valence-corrected chi connectivity index (χ3v) is 17.3. The number of rotatable bonds is 6. The van der Waals surface area contributed by atoms with Gasteiger partial charge >= 0.3 is 0 Å². The first-order valence-corrected chi connectivity index (χ1v) is 23.7. The summed E-state index contributed by atoms with van der Waals surface area (Å²) in [5, 5.41) is 9.31. The van der Waals surface area contributed by atoms with Gasteiger partial charge in [0.25, 0.3) is 0 Å². The predicted octanol–water partition coefficient (Wildman–Crippen LogP) is 17.0. The molecule has 4 heterocycles. The van der Waals surface area contributed by atoms with Crippen LogP contribution in [0.5, 0.6) is 0 Å². The van der Waals surface area contributed by atoms with E-state index in [9.17, 15) is 0 Å². The SMILES string of the molecule is c1ccc(S(c2ccccc2)(c2ccc3c(c2)c2ccccc2n3-c2cccc3oc4ccccc4c23)c2ccc3c(c2)c2ccccc2n3-c2cccc3oc4ccccc4c23)cc1. The summed E-state index contributed by atoms with van der Waals surface area (Å²) in [4.78, 5) is 5.10. The molecule has 306 valence electrons. The molecule has 65 heavy (non-hydrogen) atoms. The maximum absolute atomic E-state index is 6.43. The van der Waals surface area contributed by atoms with Crippen LogP contribution in [-0.2, 0) is 0 Å². The molecule has 0 aliphatic rings. The zero-order valence-electron chi connectivity index (χ0n) is 35.1. The normalized spacial score (nSPS) is 12.6. The van der Waals surface area contributed by atoms with Gasteiger partial charge in [-0.3, -0.25) is 0 Å². The molecule has 0 fully saturated rings. The van der Waals surface area contributed by atoms with E-state index in [-0.39, 0.29) is 0 Å². The van der Waals surface area contributed by atoms with E-state index in [0.717, 1.165) is 77.3 Å². The minimum absolute atomic E-state index is 0.884. The lowest BCUT2D eigenvalue weighted by molar-refractivity contribution is 0.668. The fraction of sp³-hybridized carbons (Fsp3) is 0. The standard InChI is InChI=1S/C60H38N2O2S/c1-3-17-39(18-4-1)65(40-19-5-2-6-20-40,41-33-35-51-47(37-41)43-21-7-11-25-49(43)61(51)53-27-15-31-57-59(53)45-23-9-13-29-55(45)63-57)42-34-36-52-48(38-42)44-22-8-12-26-50(44)62(52)54-28-16-32-58-60(54)46-24-10-14-30-56(46)64-58/h1-38H. The minimum Gasteiger partial charge on any atom is -0.456 e. The van der Waals surface area contributed by atoms with E-state index in [0.29, 0.717) is 0 Å². The highest BCUT2D eigenvalue weighted by molar-refractivity contribution is 8.34. The fourth-order valence-corrected chi connectivity index (χ4v) is 14.7. The first-order valence-electron chi connectivity index (χ1n) is 22.1. The minimum atomic E-state index is -2.10. The number of hydrogen-bond acceptors (Lipinski definition) is 2. The first-order chi connectivity index (χ1) is 32.3. The van der Waals surface area contributed by atoms with Gasteiger partial charge in [0.05, 0.1) is 44.2 Å². The molecule has 10 aromatic carbocycles. The molecule has 0 N–H and O–H groups in total. The van der Waals surface area contributed by atoms with E-state index >= 15 is 0 Å². The summed E-state index contributed by atoms with van der Waals surface area (Å²) in [6.07, 6.45) is 0. The number of fused-ring (bicyclic) bond motifs is 12. The Morgan fingerprint density at radius 1 is 0.262 bits per heavy atom. The van der Waals surface area contributed by atoms with Crippen molar-refractivity contribution in [3.8, 4) is 11.4 Å². The molecular weight excluding hydrogens is 813 g/mol. The van der Waals surface area contributed by atoms with E-state index < -0.39 is 10.0 Å². The number of benzene rings is 10. The number of para-hydroxylation sites is 4. The molecule has 4 aromatic heterocycles. The van der Waals surface area contributed by atoms with Crippen LogP contribution in [0.25, 0.3) is 98.9 Å². The Morgan fingerprint density at radius 3 is 1.09 bits per heavy atom. The van der Waals surface area contributed by atoms with Gasteiger partial charge in [0, 0.05) is 51.9 Å². The van der Waals surface area contributed by atoms with Gasteiger partial charge in [-0.15, -0.1) is 10.0 Å². The average molecular weight is 851 g/mol. The van der Waals surface area contributed by atoms with Crippen molar-refractivity contribution in [3.63, 3.8) is 0 Å². The van der Waals surface area contributed by atoms with Crippen LogP contribution in [0.15, 0.2) is 259 Å². The molecule has 0 atom stereocenters. The molecule has 5 heteroatoms. The highest BCUT2D eigenvalue weighted by Gasteiger charge is 2.35. The van der Waals surface area contributed by atoms with Crippen LogP contribution in [0.3, 0.4) is 0 Å². The van der Waals surface area contributed by atoms with Crippen molar-refractivity contribution in [2.45, 2.75) is 19.6 Å². The molecule has 0 unspecified atom stereocenters. The summed E-state index contributed by atoms with van der Waals surface area (Å²) in [6.45, 7) is 0. The summed E-state index contributed by atoms with van der Waals surface area (Å²) >= 11 is 0. The topological polar surface area (TPSA) is 36.1 Å². The predicted molar refractivity (Wildman–Crippen MR) is 270 cm³/mol. The van der Waals surface area contributed by atoms with Gasteiger partial charge in [-0.05, 0) is 109 Å². The van der Waals surface area contributed by atoms with Crippen molar-refractivity contribution in [1.82, 2.24) is 9.13 Å². The molecule has 14 aromatic rings. The van der Waals surface area contributed by atoms with E-state index in [1.165, 1.54) is 41.1 Å². The van der Waals surface area contributed by atoms with Crippen molar-refractivity contribution >= 4 is 97.5 Å². The van der Waals surface area contributed by atoms with Gasteiger partial charge in [-0.2, -0.15) is 0 Å². The van der Waals surface area contributed by atoms with Crippen LogP contribution < -0.4 is 0 Å². The Hall–Kier alpha value is -8.25. The molecule has 0 amide bonds. The second kappa shape index (κ2) is 13.9. The van der Waals surface area contributed by atoms with Crippen molar-refractivity contribution in [1.29, 1.82) is 0 Å². The number of furan rings is 2. The Bertz CT molecular complexity index is 3920. The summed E-state index contributed by atoms with van der Waals surface area (Å²) in [5.74, 6) is 0. The molecular formula is C60H38N2O2S. The summed E-state index contributed by atoms with van der Waals surface area (Å²) in [6, 6.07) is 84.1. The van der Waals surface area contributed by atoms with Gasteiger partial charge in [0.15, 0.2) is 0 Å². The van der Waals surface area contributed by atoms with E-state index in [1.54, 1.807) is 0 Å². The summed E-state index contributed by atoms with van der Waals surface area (Å²) < 4.78 is 17.7. The molecule has 14 rings (SSSR count). The van der Waals surface area contributed by atoms with Gasteiger partial charge in [-0.25, -0.2) is 0 Å². The van der Waals surface area contributed by atoms with Crippen LogP contribution in [-0.4, -0.2) is 9.13 Å². The molecule has 0 aliphatic heterocycles. The Morgan fingerprint density at radius 2 is 0.631 bits per heavy atom. The highest BCUT2D eigenvalue weighted by atomic mass is 32.3. The maximum Gasteiger partial charge on any atom is 0.137 e. The van der Waals surface area contributed by atoms with Crippen molar-refractivity contribution in [3.05, 3.63) is 231 Å². The monoisotopic (exact) mass is 850 g/mol. The highest BCUT2D eigenvalue weighted by Crippen LogP contribution is 2.74. The smallest absolute Gasteiger partial charge is 0.137 e. The third-order valence-electron chi connectivity index (χ3n) is 13.4. The lowest BCUT2D eigenvalue weighted by atomic mass is 10.1. The molecule has 0 radical (unpaired) electrons. The second-order valence-corrected chi connectivity index (χ2v) is 19.9. The quantitative estimate of drug-likeness (QED) is 0.167. The lowest BCUT2D eigenvalue weighted by Crippen LogP contribution is -2.05. The van der Waals surface area contributed by atoms with E-state index in [4.69, 9.17) is 8.83 Å². The number of aromatic nitrogens is 2. The van der Waals surface area contributed by atoms with Crippen molar-refractivity contribution < 1.29 is 8.83 Å². The van der Waals surface area contributed by atoms with Crippen LogP contribution in [0.4, 0.5) is 0 Å². The van der Waals surface area contributed by atoms with Crippen LogP contribution in [0.2, 0.25) is 0 Å². The summed E-state index contributed by atoms with van der Waals surface area (Å²) in [5.41, 5.74) is 10.4. The Kier molecular flexibility index (Phi) is 7.74. The maximum atomic E-state index is 6.43. The van der Waals surface area contributed by atoms with Gasteiger partial charge in [-0.1, -0.05) is 121 Å². The zero-order valence-corrected chi connectivity index (χ0v) is 35.9. The second-order valence-electron chi connectivity index (χ2n) is 16.8. The van der Waals surface area contributed by atoms with Crippen LogP contribution in [0, 0.1) is 0 Å². The van der Waals surface area contributed by atoms with Crippen LogP contribution in [0.1, 0.15) is 0 Å². The number of nitrogens with zero attached hydrogens (tertiary/aromatic N) is 2. The molecule has 0 aliphatic carbocycles. The van der Waals surface area contributed by atoms with Gasteiger partial charge in [0.1, 0.15) is 22.3 Å². The Labute approximate surface area is 375 Å². The van der Waals surface area contributed by atoms with Gasteiger partial charge in [0.2, 0.25) is 0 Å². The summed E-state index contributed by atoms with van der Waals surface area (Å²) in [7, 11) is -2.10. The van der Waals surface area contributed by atoms with E-state index in [1.807, 2.05) is 12.1 Å². The number of hydrogen-bond donors (Lipinski definition) is 0. The third kappa shape index (κ3) is 5.10. The molecule has 0 bridgehead atoms. The fourth-order valence-electron chi connectivity index (χ4n) is 10.8. The molecule has 4 nitrogen and oxygen atoms in total. The largest absolute Gasteiger partial charge is 0.456 e. The van der Waals surface area contributed by atoms with Gasteiger partial charge < -0.3 is 18.0 Å². The first kappa shape index (κ1) is 36.3. The van der Waals surface area contributed by atoms with Crippen LogP contribution >= 0.6 is 10.0 Å². The zero-order chi connectivity index (χ0) is 42.6. The van der Waals surface area contributed by atoms with E-state index in [2.05, 4.69) is 228 Å². The lowest BCUT2D eigenvalue weighted by Gasteiger charge is -2.42.